The lowest BCUT2D eigenvalue weighted by Crippen LogP contribution is -2.14. The van der Waals surface area contributed by atoms with Crippen LogP contribution >= 0.6 is 0 Å². The maximum absolute atomic E-state index is 12.3. The zero-order valence-electron chi connectivity index (χ0n) is 11.0. The predicted molar refractivity (Wildman–Crippen MR) is 77.8 cm³/mol. The Kier molecular flexibility index (Phi) is 4.06. The molecule has 1 N–H and O–H groups in total. The van der Waals surface area contributed by atoms with Gasteiger partial charge in [0, 0.05) is 0 Å². The fraction of sp³-hybridized carbons (Fsp3) is 0.133. The van der Waals surface area contributed by atoms with Crippen LogP contribution in [-0.2, 0) is 16.4 Å². The summed E-state index contributed by atoms with van der Waals surface area (Å²) < 4.78 is 27.1. The van der Waals surface area contributed by atoms with Gasteiger partial charge in [-0.25, -0.2) is 8.42 Å². The second-order valence-electron chi connectivity index (χ2n) is 4.25. The smallest absolute Gasteiger partial charge is 0.261 e. The Bertz CT molecular complexity index is 744. The Morgan fingerprint density at radius 2 is 1.75 bits per heavy atom. The molecule has 0 bridgehead atoms. The third kappa shape index (κ3) is 2.98. The van der Waals surface area contributed by atoms with Crippen molar-refractivity contribution in [2.45, 2.75) is 18.2 Å². The molecule has 2 aromatic carbocycles. The van der Waals surface area contributed by atoms with Gasteiger partial charge in [-0.05, 0) is 42.3 Å². The van der Waals surface area contributed by atoms with E-state index in [1.54, 1.807) is 12.1 Å². The van der Waals surface area contributed by atoms with E-state index < -0.39 is 10.0 Å². The summed E-state index contributed by atoms with van der Waals surface area (Å²) in [4.78, 5) is 0.141. The summed E-state index contributed by atoms with van der Waals surface area (Å²) in [5, 5.41) is 8.72. The fourth-order valence-electron chi connectivity index (χ4n) is 1.84. The molecule has 0 aliphatic carbocycles. The molecule has 0 aliphatic heterocycles. The lowest BCUT2D eigenvalue weighted by molar-refractivity contribution is 0.601. The Labute approximate surface area is 118 Å². The van der Waals surface area contributed by atoms with Gasteiger partial charge in [0.1, 0.15) is 0 Å². The molecular formula is C15H14N2O2S. The molecule has 0 saturated carbocycles. The summed E-state index contributed by atoms with van der Waals surface area (Å²) in [6.07, 6.45) is 0.742. The minimum absolute atomic E-state index is 0.141. The van der Waals surface area contributed by atoms with Crippen LogP contribution in [0, 0.1) is 11.3 Å². The highest BCUT2D eigenvalue weighted by Crippen LogP contribution is 2.20. The molecule has 0 saturated heterocycles. The highest BCUT2D eigenvalue weighted by atomic mass is 32.2. The Morgan fingerprint density at radius 3 is 2.35 bits per heavy atom. The largest absolute Gasteiger partial charge is 0.279 e. The second kappa shape index (κ2) is 5.76. The first-order valence-electron chi connectivity index (χ1n) is 6.17. The zero-order valence-corrected chi connectivity index (χ0v) is 11.8. The van der Waals surface area contributed by atoms with Crippen LogP contribution in [0.25, 0.3) is 0 Å². The van der Waals surface area contributed by atoms with Crippen LogP contribution in [0.4, 0.5) is 5.69 Å². The van der Waals surface area contributed by atoms with Crippen molar-refractivity contribution in [1.29, 1.82) is 5.26 Å². The molecule has 2 aromatic rings. The van der Waals surface area contributed by atoms with E-state index in [-0.39, 0.29) is 4.90 Å². The summed E-state index contributed by atoms with van der Waals surface area (Å²) in [5.74, 6) is 0. The first kappa shape index (κ1) is 14.1. The van der Waals surface area contributed by atoms with Crippen LogP contribution < -0.4 is 4.72 Å². The Hall–Kier alpha value is -2.32. The van der Waals surface area contributed by atoms with E-state index in [0.29, 0.717) is 11.3 Å². The first-order chi connectivity index (χ1) is 9.56. The normalized spacial score (nSPS) is 10.8. The van der Waals surface area contributed by atoms with Crippen molar-refractivity contribution in [3.8, 4) is 6.07 Å². The van der Waals surface area contributed by atoms with Crippen molar-refractivity contribution in [2.24, 2.45) is 0 Å². The van der Waals surface area contributed by atoms with E-state index >= 15 is 0 Å². The minimum atomic E-state index is -3.63. The summed E-state index contributed by atoms with van der Waals surface area (Å²) in [7, 11) is -3.63. The number of para-hydroxylation sites is 1. The fourth-order valence-corrected chi connectivity index (χ4v) is 2.94. The molecule has 20 heavy (non-hydrogen) atoms. The van der Waals surface area contributed by atoms with Gasteiger partial charge in [0.15, 0.2) is 0 Å². The van der Waals surface area contributed by atoms with E-state index in [1.807, 2.05) is 25.1 Å². The summed E-state index contributed by atoms with van der Waals surface area (Å²) >= 11 is 0. The van der Waals surface area contributed by atoms with Crippen LogP contribution in [0.2, 0.25) is 0 Å². The number of nitrogens with zero attached hydrogens (tertiary/aromatic N) is 1. The Morgan fingerprint density at radius 1 is 1.10 bits per heavy atom. The molecule has 4 nitrogen and oxygen atoms in total. The molecule has 0 aromatic heterocycles. The average molecular weight is 286 g/mol. The van der Waals surface area contributed by atoms with Gasteiger partial charge in [-0.2, -0.15) is 5.26 Å². The molecule has 102 valence electrons. The lowest BCUT2D eigenvalue weighted by atomic mass is 10.1. The van der Waals surface area contributed by atoms with Gasteiger partial charge < -0.3 is 0 Å². The third-order valence-electron chi connectivity index (χ3n) is 2.94. The molecule has 0 aliphatic rings. The van der Waals surface area contributed by atoms with Crippen LogP contribution in [0.15, 0.2) is 53.4 Å². The van der Waals surface area contributed by atoms with Gasteiger partial charge in [-0.1, -0.05) is 25.1 Å². The number of hydrogen-bond donors (Lipinski definition) is 1. The average Bonchev–Trinajstić information content (AvgIpc) is 2.47. The van der Waals surface area contributed by atoms with Crippen molar-refractivity contribution < 1.29 is 8.42 Å². The van der Waals surface area contributed by atoms with E-state index in [4.69, 9.17) is 5.26 Å². The van der Waals surface area contributed by atoms with Gasteiger partial charge in [-0.15, -0.1) is 0 Å². The molecule has 0 radical (unpaired) electrons. The molecule has 0 atom stereocenters. The number of hydrogen-bond acceptors (Lipinski definition) is 3. The van der Waals surface area contributed by atoms with Gasteiger partial charge in [-0.3, -0.25) is 4.72 Å². The molecule has 0 heterocycles. The van der Waals surface area contributed by atoms with Crippen LogP contribution in [0.5, 0.6) is 0 Å². The van der Waals surface area contributed by atoms with Gasteiger partial charge >= 0.3 is 0 Å². The van der Waals surface area contributed by atoms with Crippen molar-refractivity contribution >= 4 is 15.7 Å². The minimum Gasteiger partial charge on any atom is -0.279 e. The summed E-state index contributed by atoms with van der Waals surface area (Å²) in [6, 6.07) is 15.1. The molecule has 0 spiro atoms. The maximum Gasteiger partial charge on any atom is 0.261 e. The number of nitriles is 1. The van der Waals surface area contributed by atoms with E-state index in [1.165, 1.54) is 24.3 Å². The Balaban J connectivity index is 2.33. The number of benzene rings is 2. The number of sulfonamides is 1. The first-order valence-corrected chi connectivity index (χ1v) is 7.66. The third-order valence-corrected chi connectivity index (χ3v) is 4.32. The molecule has 2 rings (SSSR count). The van der Waals surface area contributed by atoms with Gasteiger partial charge in [0.05, 0.1) is 22.2 Å². The number of aryl methyl sites for hydroxylation is 1. The predicted octanol–water partition coefficient (Wildman–Crippen LogP) is 2.92. The zero-order chi connectivity index (χ0) is 14.6. The number of anilines is 1. The lowest BCUT2D eigenvalue weighted by Gasteiger charge is -2.11. The van der Waals surface area contributed by atoms with Crippen LogP contribution in [-0.4, -0.2) is 8.42 Å². The second-order valence-corrected chi connectivity index (χ2v) is 5.93. The van der Waals surface area contributed by atoms with Crippen LogP contribution in [0.3, 0.4) is 0 Å². The number of rotatable bonds is 4. The van der Waals surface area contributed by atoms with E-state index in [2.05, 4.69) is 4.72 Å². The molecule has 0 fully saturated rings. The van der Waals surface area contributed by atoms with Crippen molar-refractivity contribution in [2.75, 3.05) is 4.72 Å². The van der Waals surface area contributed by atoms with Crippen molar-refractivity contribution in [1.82, 2.24) is 0 Å². The maximum atomic E-state index is 12.3. The highest BCUT2D eigenvalue weighted by Gasteiger charge is 2.15. The SMILES string of the molecule is CCc1ccccc1NS(=O)(=O)c1ccc(C#N)cc1. The summed E-state index contributed by atoms with van der Waals surface area (Å²) in [6.45, 7) is 1.97. The molecule has 0 amide bonds. The molecule has 0 unspecified atom stereocenters. The quantitative estimate of drug-likeness (QED) is 0.939. The molecular weight excluding hydrogens is 272 g/mol. The van der Waals surface area contributed by atoms with Crippen molar-refractivity contribution in [3.63, 3.8) is 0 Å². The standard InChI is InChI=1S/C15H14N2O2S/c1-2-13-5-3-4-6-15(13)17-20(18,19)14-9-7-12(11-16)8-10-14/h3-10,17H,2H2,1H3. The summed E-state index contributed by atoms with van der Waals surface area (Å²) in [5.41, 5.74) is 1.95. The van der Waals surface area contributed by atoms with Gasteiger partial charge in [0.2, 0.25) is 0 Å². The van der Waals surface area contributed by atoms with E-state index in [0.717, 1.165) is 12.0 Å². The molecule has 5 heteroatoms. The highest BCUT2D eigenvalue weighted by molar-refractivity contribution is 7.92. The monoisotopic (exact) mass is 286 g/mol. The van der Waals surface area contributed by atoms with Crippen molar-refractivity contribution in [3.05, 3.63) is 59.7 Å². The number of nitrogens with one attached hydrogen (secondary N) is 1. The van der Waals surface area contributed by atoms with Gasteiger partial charge in [0.25, 0.3) is 10.0 Å². The van der Waals surface area contributed by atoms with E-state index in [9.17, 15) is 8.42 Å². The van der Waals surface area contributed by atoms with Crippen LogP contribution in [0.1, 0.15) is 18.1 Å². The topological polar surface area (TPSA) is 70.0 Å².